The highest BCUT2D eigenvalue weighted by atomic mass is 35.5. The van der Waals surface area contributed by atoms with Gasteiger partial charge in [-0.3, -0.25) is 29.0 Å². The Balaban J connectivity index is 0.885. The summed E-state index contributed by atoms with van der Waals surface area (Å²) in [5.74, 6) is 6.94. The van der Waals surface area contributed by atoms with Crippen LogP contribution in [0.2, 0.25) is 5.02 Å². The molecule has 0 bridgehead atoms. The van der Waals surface area contributed by atoms with E-state index in [2.05, 4.69) is 10.1 Å². The lowest BCUT2D eigenvalue weighted by molar-refractivity contribution is -0.136. The van der Waals surface area contributed by atoms with Gasteiger partial charge in [0.25, 0.3) is 0 Å². The third kappa shape index (κ3) is 10.1. The Kier molecular flexibility index (Phi) is 13.9. The minimum Gasteiger partial charge on any atom is -0.493 e. The zero-order chi connectivity index (χ0) is 43.8. The van der Waals surface area contributed by atoms with E-state index >= 15 is 0 Å². The molecule has 15 heteroatoms. The smallest absolute Gasteiger partial charge is 0.244 e. The molecule has 2 aliphatic rings. The fourth-order valence-corrected chi connectivity index (χ4v) is 7.68. The van der Waals surface area contributed by atoms with Gasteiger partial charge in [0.1, 0.15) is 53.6 Å². The van der Waals surface area contributed by atoms with Crippen LogP contribution in [0, 0.1) is 0 Å². The third-order valence-corrected chi connectivity index (χ3v) is 11.1. The van der Waals surface area contributed by atoms with Crippen molar-refractivity contribution in [2.45, 2.75) is 57.8 Å². The first-order valence-electron chi connectivity index (χ1n) is 20.3. The Morgan fingerprint density at radius 1 is 0.903 bits per heavy atom. The van der Waals surface area contributed by atoms with E-state index in [0.29, 0.717) is 114 Å². The normalized spacial score (nSPS) is 16.8. The van der Waals surface area contributed by atoms with Gasteiger partial charge in [0.05, 0.1) is 34.8 Å². The van der Waals surface area contributed by atoms with E-state index in [-0.39, 0.29) is 64.9 Å². The molecule has 4 aromatic carbocycles. The molecule has 0 spiro atoms. The molecule has 14 nitrogen and oxygen atoms in total. The van der Waals surface area contributed by atoms with Crippen molar-refractivity contribution in [3.8, 4) is 39.7 Å². The highest BCUT2D eigenvalue weighted by Gasteiger charge is 2.35. The van der Waals surface area contributed by atoms with Crippen LogP contribution in [0.15, 0.2) is 98.2 Å². The van der Waals surface area contributed by atoms with Gasteiger partial charge in [-0.25, -0.2) is 0 Å². The van der Waals surface area contributed by atoms with Gasteiger partial charge in [0.15, 0.2) is 23.8 Å². The average Bonchev–Trinajstić information content (AvgIpc) is 3.26. The number of nitrogens with zero attached hydrogens (tertiary/aromatic N) is 3. The van der Waals surface area contributed by atoms with E-state index in [9.17, 15) is 24.0 Å². The number of aliphatic imine (C=N–C) groups is 1. The molecule has 320 valence electrons. The minimum atomic E-state index is -0.285. The van der Waals surface area contributed by atoms with E-state index in [1.54, 1.807) is 71.6 Å². The largest absolute Gasteiger partial charge is 0.493 e. The maximum atomic E-state index is 13.4. The van der Waals surface area contributed by atoms with E-state index in [1.165, 1.54) is 19.2 Å². The summed E-state index contributed by atoms with van der Waals surface area (Å²) in [6.07, 6.45) is 5.37. The molecule has 2 heterocycles. The standard InChI is InChI=1S/C47H45ClN4O10/c1-3-58-44-22-46-39(20-38(44)30-7-4-6-29(16-30)28(2)55)42(56)21-45(62-46)37-11-10-34(19-41(37)48)59-27-32(51-49)23-50-24-47(57)52-14-12-33(13-15-52)60-35-17-36(18-35)61-43-9-5-8-31(25-53)40(43)26-54/h4-11,16,19-23,25-26,33,35-36H,3,12-15,17-18,24,27,49H2,1-2H3. The van der Waals surface area contributed by atoms with Gasteiger partial charge in [0, 0.05) is 66.5 Å². The van der Waals surface area contributed by atoms with Crippen molar-refractivity contribution >= 4 is 58.8 Å². The molecule has 2 fully saturated rings. The number of piperidine rings is 1. The lowest BCUT2D eigenvalue weighted by atomic mass is 9.91. The number of ether oxygens (including phenoxy) is 4. The highest BCUT2D eigenvalue weighted by Crippen LogP contribution is 2.37. The Bertz CT molecular complexity index is 2610. The molecule has 0 radical (unpaired) electrons. The van der Waals surface area contributed by atoms with Crippen LogP contribution < -0.4 is 25.5 Å². The van der Waals surface area contributed by atoms with Crippen molar-refractivity contribution in [1.29, 1.82) is 0 Å². The number of hydrogen-bond acceptors (Lipinski definition) is 13. The summed E-state index contributed by atoms with van der Waals surface area (Å²) in [5, 5.41) is 4.36. The Morgan fingerprint density at radius 3 is 2.40 bits per heavy atom. The van der Waals surface area contributed by atoms with Crippen LogP contribution in [-0.4, -0.2) is 92.2 Å². The predicted octanol–water partition coefficient (Wildman–Crippen LogP) is 7.39. The van der Waals surface area contributed by atoms with Crippen LogP contribution in [0.4, 0.5) is 0 Å². The monoisotopic (exact) mass is 860 g/mol. The number of halogens is 1. The molecule has 0 atom stereocenters. The molecule has 1 aromatic heterocycles. The van der Waals surface area contributed by atoms with Gasteiger partial charge < -0.3 is 34.1 Å². The molecule has 0 unspecified atom stereocenters. The van der Waals surface area contributed by atoms with Crippen molar-refractivity contribution in [2.75, 3.05) is 32.8 Å². The number of ketones is 1. The lowest BCUT2D eigenvalue weighted by Gasteiger charge is -2.40. The molecule has 7 rings (SSSR count). The van der Waals surface area contributed by atoms with Gasteiger partial charge in [-0.1, -0.05) is 41.9 Å². The number of hydrazone groups is 1. The van der Waals surface area contributed by atoms with Gasteiger partial charge in [-0.05, 0) is 68.7 Å². The summed E-state index contributed by atoms with van der Waals surface area (Å²) in [7, 11) is 0. The van der Waals surface area contributed by atoms with Crippen LogP contribution in [0.3, 0.4) is 0 Å². The minimum absolute atomic E-state index is 0.0201. The van der Waals surface area contributed by atoms with Gasteiger partial charge in [-0.2, -0.15) is 5.10 Å². The SMILES string of the molecule is CCOc1cc2oc(-c3ccc(OCC(C=NCC(=O)N4CCC(OC5CC(Oc6cccc(C=O)c6C=O)C5)CC4)=NN)cc3Cl)cc(=O)c2cc1-c1cccc(C(C)=O)c1. The zero-order valence-electron chi connectivity index (χ0n) is 34.2. The van der Waals surface area contributed by atoms with Gasteiger partial charge >= 0.3 is 0 Å². The van der Waals surface area contributed by atoms with Crippen molar-refractivity contribution in [2.24, 2.45) is 15.9 Å². The zero-order valence-corrected chi connectivity index (χ0v) is 35.0. The van der Waals surface area contributed by atoms with Crippen molar-refractivity contribution in [3.63, 3.8) is 0 Å². The maximum absolute atomic E-state index is 13.4. The molecular weight excluding hydrogens is 816 g/mol. The first-order valence-corrected chi connectivity index (χ1v) is 20.6. The van der Waals surface area contributed by atoms with Gasteiger partial charge in [-0.15, -0.1) is 0 Å². The number of aldehydes is 2. The molecule has 2 N–H and O–H groups in total. The molecule has 62 heavy (non-hydrogen) atoms. The van der Waals surface area contributed by atoms with E-state index in [1.807, 2.05) is 13.0 Å². The van der Waals surface area contributed by atoms with Crippen molar-refractivity contribution in [3.05, 3.63) is 111 Å². The lowest BCUT2D eigenvalue weighted by Crippen LogP contribution is -2.46. The van der Waals surface area contributed by atoms with Crippen LogP contribution in [-0.2, 0) is 9.53 Å². The summed E-state index contributed by atoms with van der Waals surface area (Å²) >= 11 is 6.68. The number of carbonyl (C=O) groups is 4. The molecular formula is C47H45ClN4O10. The number of amides is 1. The molecule has 1 aliphatic heterocycles. The average molecular weight is 861 g/mol. The van der Waals surface area contributed by atoms with Crippen molar-refractivity contribution in [1.82, 2.24) is 4.90 Å². The number of carbonyl (C=O) groups excluding carboxylic acids is 4. The van der Waals surface area contributed by atoms with Crippen LogP contribution >= 0.6 is 11.6 Å². The summed E-state index contributed by atoms with van der Waals surface area (Å²) < 4.78 is 30.2. The Labute approximate surface area is 362 Å². The first-order chi connectivity index (χ1) is 30.1. The molecule has 1 amide bonds. The van der Waals surface area contributed by atoms with E-state index in [4.69, 9.17) is 40.8 Å². The second kappa shape index (κ2) is 19.8. The van der Waals surface area contributed by atoms with Crippen LogP contribution in [0.1, 0.15) is 70.6 Å². The van der Waals surface area contributed by atoms with Crippen molar-refractivity contribution < 1.29 is 42.5 Å². The number of rotatable bonds is 17. The summed E-state index contributed by atoms with van der Waals surface area (Å²) in [4.78, 5) is 67.2. The second-order valence-corrected chi connectivity index (χ2v) is 15.4. The molecule has 1 saturated heterocycles. The van der Waals surface area contributed by atoms with Crippen LogP contribution in [0.25, 0.3) is 33.4 Å². The predicted molar refractivity (Wildman–Crippen MR) is 235 cm³/mol. The summed E-state index contributed by atoms with van der Waals surface area (Å²) in [5.41, 5.74) is 3.27. The summed E-state index contributed by atoms with van der Waals surface area (Å²) in [6, 6.07) is 21.8. The number of Topliss-reactive ketones (excluding diaryl/α,β-unsaturated/α-hetero) is 1. The number of likely N-dealkylation sites (tertiary alicyclic amines) is 1. The first kappa shape index (κ1) is 43.4. The molecule has 5 aromatic rings. The Hall–Kier alpha value is -6.64. The van der Waals surface area contributed by atoms with Gasteiger partial charge in [0.2, 0.25) is 5.91 Å². The fraction of sp³-hybridized carbons (Fsp3) is 0.298. The quantitative estimate of drug-likeness (QED) is 0.0323. The van der Waals surface area contributed by atoms with E-state index < -0.39 is 0 Å². The summed E-state index contributed by atoms with van der Waals surface area (Å²) in [6.45, 7) is 4.67. The number of benzene rings is 4. The number of hydrogen-bond donors (Lipinski definition) is 1. The van der Waals surface area contributed by atoms with E-state index in [0.717, 1.165) is 5.56 Å². The number of fused-ring (bicyclic) bond motifs is 1. The fourth-order valence-electron chi connectivity index (χ4n) is 7.41. The highest BCUT2D eigenvalue weighted by molar-refractivity contribution is 6.33. The Morgan fingerprint density at radius 2 is 1.69 bits per heavy atom. The van der Waals surface area contributed by atoms with Crippen LogP contribution in [0.5, 0.6) is 17.2 Å². The topological polar surface area (TPSA) is 189 Å². The maximum Gasteiger partial charge on any atom is 0.244 e. The number of nitrogens with two attached hydrogens (primary N) is 1. The molecule has 1 aliphatic carbocycles. The third-order valence-electron chi connectivity index (χ3n) is 10.8. The molecule has 1 saturated carbocycles. The second-order valence-electron chi connectivity index (χ2n) is 15.0.